The minimum Gasteiger partial charge on any atom is -0.368 e. The summed E-state index contributed by atoms with van der Waals surface area (Å²) in [5.74, 6) is -0.937. The number of hydrogen-bond acceptors (Lipinski definition) is 4. The summed E-state index contributed by atoms with van der Waals surface area (Å²) in [5.41, 5.74) is 12.2. The Balaban J connectivity index is 1.82. The molecule has 0 aromatic heterocycles. The summed E-state index contributed by atoms with van der Waals surface area (Å²) in [6.45, 7) is 0.762. The molecule has 7 heteroatoms. The maximum Gasteiger partial charge on any atom is 0.251 e. The van der Waals surface area contributed by atoms with Crippen molar-refractivity contribution in [1.82, 2.24) is 10.6 Å². The van der Waals surface area contributed by atoms with E-state index in [1.54, 1.807) is 24.3 Å². The van der Waals surface area contributed by atoms with Crippen LogP contribution >= 0.6 is 0 Å². The van der Waals surface area contributed by atoms with Crippen LogP contribution in [0.3, 0.4) is 0 Å². The number of nitrogens with one attached hydrogen (secondary N) is 2. The zero-order chi connectivity index (χ0) is 19.0. The summed E-state index contributed by atoms with van der Waals surface area (Å²) in [7, 11) is 0. The van der Waals surface area contributed by atoms with Crippen LogP contribution in [-0.2, 0) is 16.1 Å². The molecule has 1 aliphatic carbocycles. The van der Waals surface area contributed by atoms with Crippen molar-refractivity contribution in [3.05, 3.63) is 35.4 Å². The Morgan fingerprint density at radius 3 is 2.23 bits per heavy atom. The van der Waals surface area contributed by atoms with Crippen LogP contribution < -0.4 is 22.1 Å². The van der Waals surface area contributed by atoms with E-state index in [0.29, 0.717) is 25.1 Å². The minimum atomic E-state index is -0.592. The van der Waals surface area contributed by atoms with E-state index < -0.39 is 5.91 Å². The zero-order valence-electron chi connectivity index (χ0n) is 15.1. The number of primary amides is 1. The topological polar surface area (TPSA) is 127 Å². The number of rotatable bonds is 8. The summed E-state index contributed by atoms with van der Waals surface area (Å²) in [5, 5.41) is 5.37. The minimum absolute atomic E-state index is 0.0145. The van der Waals surface area contributed by atoms with Gasteiger partial charge in [0.05, 0.1) is 6.54 Å². The number of benzene rings is 1. The van der Waals surface area contributed by atoms with Gasteiger partial charge in [0.1, 0.15) is 0 Å². The third kappa shape index (κ3) is 5.84. The first kappa shape index (κ1) is 19.9. The number of nitrogens with two attached hydrogens (primary N) is 2. The molecule has 0 radical (unpaired) electrons. The van der Waals surface area contributed by atoms with Gasteiger partial charge in [0.2, 0.25) is 11.8 Å². The van der Waals surface area contributed by atoms with Gasteiger partial charge in [-0.05, 0) is 42.5 Å². The van der Waals surface area contributed by atoms with Gasteiger partial charge in [0, 0.05) is 18.5 Å². The Bertz CT molecular complexity index is 637. The second-order valence-corrected chi connectivity index (χ2v) is 7.06. The van der Waals surface area contributed by atoms with Gasteiger partial charge in [-0.25, -0.2) is 0 Å². The van der Waals surface area contributed by atoms with Gasteiger partial charge in [0.15, 0.2) is 0 Å². The average Bonchev–Trinajstić information content (AvgIpc) is 2.65. The molecular weight excluding hydrogens is 332 g/mol. The first-order valence-corrected chi connectivity index (χ1v) is 9.06. The molecule has 142 valence electrons. The van der Waals surface area contributed by atoms with E-state index in [2.05, 4.69) is 10.6 Å². The lowest BCUT2D eigenvalue weighted by atomic mass is 9.71. The van der Waals surface area contributed by atoms with Gasteiger partial charge in [-0.2, -0.15) is 0 Å². The fourth-order valence-electron chi connectivity index (χ4n) is 3.40. The van der Waals surface area contributed by atoms with Crippen LogP contribution in [-0.4, -0.2) is 30.8 Å². The zero-order valence-corrected chi connectivity index (χ0v) is 15.1. The van der Waals surface area contributed by atoms with Gasteiger partial charge in [-0.15, -0.1) is 0 Å². The lowest BCUT2D eigenvalue weighted by Gasteiger charge is -2.35. The van der Waals surface area contributed by atoms with Gasteiger partial charge in [-0.1, -0.05) is 31.4 Å². The van der Waals surface area contributed by atoms with Crippen molar-refractivity contribution in [1.29, 1.82) is 0 Å². The summed E-state index contributed by atoms with van der Waals surface area (Å²) in [6.07, 6.45) is 6.02. The van der Waals surface area contributed by atoms with Crippen LogP contribution in [0.5, 0.6) is 0 Å². The molecule has 0 bridgehead atoms. The quantitative estimate of drug-likeness (QED) is 0.547. The van der Waals surface area contributed by atoms with Gasteiger partial charge in [0.25, 0.3) is 5.91 Å². The van der Waals surface area contributed by atoms with Crippen molar-refractivity contribution in [2.45, 2.75) is 45.1 Å². The molecule has 1 aromatic carbocycles. The number of carbonyl (C=O) groups is 3. The molecule has 1 aliphatic rings. The largest absolute Gasteiger partial charge is 0.368 e. The van der Waals surface area contributed by atoms with Crippen molar-refractivity contribution >= 4 is 17.7 Å². The van der Waals surface area contributed by atoms with Crippen LogP contribution in [0.1, 0.15) is 54.4 Å². The smallest absolute Gasteiger partial charge is 0.251 e. The molecule has 7 nitrogen and oxygen atoms in total. The molecular formula is C19H28N4O3. The van der Waals surface area contributed by atoms with E-state index in [0.717, 1.165) is 31.2 Å². The molecule has 0 atom stereocenters. The van der Waals surface area contributed by atoms with E-state index in [1.165, 1.54) is 6.42 Å². The molecule has 26 heavy (non-hydrogen) atoms. The standard InChI is InChI=1S/C19H28N4O3/c20-13-19(8-2-1-3-9-19)10-17(25)22-11-14-4-6-15(7-5-14)18(26)23-12-16(21)24/h4-7H,1-3,8-13,20H2,(H2,21,24)(H,22,25)(H,23,26). The van der Waals surface area contributed by atoms with Gasteiger partial charge >= 0.3 is 0 Å². The predicted octanol–water partition coefficient (Wildman–Crippen LogP) is 0.817. The van der Waals surface area contributed by atoms with Gasteiger partial charge in [-0.3, -0.25) is 14.4 Å². The highest BCUT2D eigenvalue weighted by molar-refractivity contribution is 5.96. The van der Waals surface area contributed by atoms with Crippen LogP contribution in [0.4, 0.5) is 0 Å². The van der Waals surface area contributed by atoms with E-state index >= 15 is 0 Å². The normalized spacial score (nSPS) is 15.9. The molecule has 1 fully saturated rings. The highest BCUT2D eigenvalue weighted by atomic mass is 16.2. The Kier molecular flexibility index (Phi) is 7.15. The van der Waals surface area contributed by atoms with Crippen molar-refractivity contribution in [2.75, 3.05) is 13.1 Å². The van der Waals surface area contributed by atoms with Crippen LogP contribution in [0.2, 0.25) is 0 Å². The number of amides is 3. The number of hydrogen-bond donors (Lipinski definition) is 4. The molecule has 1 saturated carbocycles. The molecule has 0 unspecified atom stereocenters. The number of carbonyl (C=O) groups excluding carboxylic acids is 3. The fourth-order valence-corrected chi connectivity index (χ4v) is 3.40. The Morgan fingerprint density at radius 1 is 1.00 bits per heavy atom. The second kappa shape index (κ2) is 9.33. The van der Waals surface area contributed by atoms with E-state index in [1.807, 2.05) is 0 Å². The Hall–Kier alpha value is -2.41. The highest BCUT2D eigenvalue weighted by Gasteiger charge is 2.32. The average molecular weight is 360 g/mol. The van der Waals surface area contributed by atoms with Crippen LogP contribution in [0.15, 0.2) is 24.3 Å². The molecule has 3 amide bonds. The van der Waals surface area contributed by atoms with Crippen molar-refractivity contribution in [3.63, 3.8) is 0 Å². The lowest BCUT2D eigenvalue weighted by molar-refractivity contribution is -0.124. The molecule has 6 N–H and O–H groups in total. The third-order valence-corrected chi connectivity index (χ3v) is 5.01. The van der Waals surface area contributed by atoms with E-state index in [9.17, 15) is 14.4 Å². The first-order chi connectivity index (χ1) is 12.4. The molecule has 0 saturated heterocycles. The lowest BCUT2D eigenvalue weighted by Crippen LogP contribution is -2.38. The van der Waals surface area contributed by atoms with E-state index in [-0.39, 0.29) is 23.8 Å². The SMILES string of the molecule is NCC1(CC(=O)NCc2ccc(C(=O)NCC(N)=O)cc2)CCCCC1. The summed E-state index contributed by atoms with van der Waals surface area (Å²) < 4.78 is 0. The molecule has 2 rings (SSSR count). The summed E-state index contributed by atoms with van der Waals surface area (Å²) in [4.78, 5) is 34.8. The predicted molar refractivity (Wildman–Crippen MR) is 99.0 cm³/mol. The fraction of sp³-hybridized carbons (Fsp3) is 0.526. The van der Waals surface area contributed by atoms with E-state index in [4.69, 9.17) is 11.5 Å². The summed E-state index contributed by atoms with van der Waals surface area (Å²) in [6, 6.07) is 6.86. The third-order valence-electron chi connectivity index (χ3n) is 5.01. The van der Waals surface area contributed by atoms with Crippen LogP contribution in [0.25, 0.3) is 0 Å². The monoisotopic (exact) mass is 360 g/mol. The molecule has 1 aromatic rings. The van der Waals surface area contributed by atoms with Crippen molar-refractivity contribution in [3.8, 4) is 0 Å². The van der Waals surface area contributed by atoms with Crippen molar-refractivity contribution in [2.24, 2.45) is 16.9 Å². The maximum atomic E-state index is 12.3. The second-order valence-electron chi connectivity index (χ2n) is 7.06. The van der Waals surface area contributed by atoms with Gasteiger partial charge < -0.3 is 22.1 Å². The maximum absolute atomic E-state index is 12.3. The Labute approximate surface area is 153 Å². The first-order valence-electron chi connectivity index (χ1n) is 9.06. The summed E-state index contributed by atoms with van der Waals surface area (Å²) >= 11 is 0. The molecule has 0 heterocycles. The van der Waals surface area contributed by atoms with Crippen molar-refractivity contribution < 1.29 is 14.4 Å². The van der Waals surface area contributed by atoms with Crippen LogP contribution in [0, 0.1) is 5.41 Å². The molecule has 0 aliphatic heterocycles. The highest BCUT2D eigenvalue weighted by Crippen LogP contribution is 2.38. The molecule has 0 spiro atoms. The Morgan fingerprint density at radius 2 is 1.65 bits per heavy atom.